The molecule has 2 aromatic carbocycles. The molecule has 0 aliphatic carbocycles. The lowest BCUT2D eigenvalue weighted by Crippen LogP contribution is -2.15. The van der Waals surface area contributed by atoms with Gasteiger partial charge < -0.3 is 10.5 Å². The van der Waals surface area contributed by atoms with E-state index >= 15 is 0 Å². The van der Waals surface area contributed by atoms with E-state index in [9.17, 15) is 4.79 Å². The first kappa shape index (κ1) is 14.4. The Morgan fingerprint density at radius 2 is 1.95 bits per heavy atom. The maximum Gasteiger partial charge on any atom is 0.307 e. The molecule has 0 saturated heterocycles. The second-order valence-electron chi connectivity index (χ2n) is 4.95. The van der Waals surface area contributed by atoms with Crippen molar-refractivity contribution >= 4 is 17.0 Å². The molecule has 0 amide bonds. The minimum absolute atomic E-state index is 0.0228. The molecule has 0 atom stereocenters. The third-order valence-electron chi connectivity index (χ3n) is 3.47. The number of rotatable bonds is 4. The molecule has 0 radical (unpaired) electrons. The molecule has 3 aromatic rings. The second kappa shape index (κ2) is 6.07. The van der Waals surface area contributed by atoms with Gasteiger partial charge in [0.05, 0.1) is 19.3 Å². The van der Waals surface area contributed by atoms with E-state index in [-0.39, 0.29) is 4.87 Å². The largest absolute Gasteiger partial charge is 0.497 e. The summed E-state index contributed by atoms with van der Waals surface area (Å²) in [5.41, 5.74) is 9.32. The van der Waals surface area contributed by atoms with E-state index in [0.717, 1.165) is 28.3 Å². The fraction of sp³-hybridized carbons (Fsp3) is 0.118. The molecule has 0 spiro atoms. The zero-order valence-corrected chi connectivity index (χ0v) is 13.0. The first-order valence-electron chi connectivity index (χ1n) is 6.84. The van der Waals surface area contributed by atoms with Crippen LogP contribution in [-0.2, 0) is 6.54 Å². The minimum atomic E-state index is 0.0228. The van der Waals surface area contributed by atoms with Crippen LogP contribution < -0.4 is 15.3 Å². The number of ether oxygens (including phenoxy) is 1. The molecule has 1 heterocycles. The smallest absolute Gasteiger partial charge is 0.307 e. The van der Waals surface area contributed by atoms with Gasteiger partial charge in [-0.15, -0.1) is 0 Å². The van der Waals surface area contributed by atoms with Crippen LogP contribution in [0.4, 0.5) is 5.69 Å². The summed E-state index contributed by atoms with van der Waals surface area (Å²) in [6, 6.07) is 15.3. The van der Waals surface area contributed by atoms with Crippen molar-refractivity contribution in [3.8, 4) is 17.0 Å². The number of nitrogen functional groups attached to an aromatic ring is 1. The van der Waals surface area contributed by atoms with Crippen LogP contribution in [0.25, 0.3) is 11.3 Å². The fourth-order valence-electron chi connectivity index (χ4n) is 2.29. The molecule has 0 aliphatic heterocycles. The van der Waals surface area contributed by atoms with Crippen LogP contribution in [0.1, 0.15) is 5.56 Å². The highest BCUT2D eigenvalue weighted by molar-refractivity contribution is 7.07. The van der Waals surface area contributed by atoms with Crippen molar-refractivity contribution < 1.29 is 4.74 Å². The van der Waals surface area contributed by atoms with Crippen LogP contribution in [0.3, 0.4) is 0 Å². The summed E-state index contributed by atoms with van der Waals surface area (Å²) in [5, 5.41) is 1.88. The van der Waals surface area contributed by atoms with E-state index in [1.165, 1.54) is 11.3 Å². The zero-order valence-electron chi connectivity index (χ0n) is 12.2. The Bertz CT molecular complexity index is 834. The Balaban J connectivity index is 2.00. The standard InChI is InChI=1S/C17H16N2O2S/c1-21-15-4-2-3-13(9-15)16-11-22-17(20)19(16)10-12-5-7-14(18)8-6-12/h2-9,11H,10,18H2,1H3. The summed E-state index contributed by atoms with van der Waals surface area (Å²) in [6.07, 6.45) is 0. The predicted octanol–water partition coefficient (Wildman–Crippen LogP) is 3.22. The van der Waals surface area contributed by atoms with Crippen molar-refractivity contribution in [3.05, 3.63) is 69.1 Å². The average Bonchev–Trinajstić information content (AvgIpc) is 2.91. The molecule has 4 nitrogen and oxygen atoms in total. The maximum atomic E-state index is 12.2. The van der Waals surface area contributed by atoms with Gasteiger partial charge in [0.1, 0.15) is 5.75 Å². The van der Waals surface area contributed by atoms with Gasteiger partial charge in [-0.25, -0.2) is 0 Å². The van der Waals surface area contributed by atoms with Crippen LogP contribution in [0.15, 0.2) is 58.7 Å². The van der Waals surface area contributed by atoms with E-state index < -0.39 is 0 Å². The van der Waals surface area contributed by atoms with Gasteiger partial charge >= 0.3 is 4.87 Å². The molecule has 1 aromatic heterocycles. The zero-order chi connectivity index (χ0) is 15.5. The summed E-state index contributed by atoms with van der Waals surface area (Å²) < 4.78 is 7.03. The van der Waals surface area contributed by atoms with Gasteiger partial charge in [0.2, 0.25) is 0 Å². The molecule has 0 fully saturated rings. The molecule has 0 bridgehead atoms. The van der Waals surface area contributed by atoms with E-state index in [1.807, 2.05) is 53.9 Å². The molecule has 22 heavy (non-hydrogen) atoms. The number of nitrogens with zero attached hydrogens (tertiary/aromatic N) is 1. The highest BCUT2D eigenvalue weighted by Crippen LogP contribution is 2.25. The third kappa shape index (κ3) is 2.89. The lowest BCUT2D eigenvalue weighted by atomic mass is 10.1. The van der Waals surface area contributed by atoms with Crippen LogP contribution >= 0.6 is 11.3 Å². The highest BCUT2D eigenvalue weighted by Gasteiger charge is 2.10. The van der Waals surface area contributed by atoms with Crippen LogP contribution in [0.5, 0.6) is 5.75 Å². The van der Waals surface area contributed by atoms with Gasteiger partial charge in [0.15, 0.2) is 0 Å². The Morgan fingerprint density at radius 1 is 1.18 bits per heavy atom. The number of benzene rings is 2. The molecule has 3 rings (SSSR count). The lowest BCUT2D eigenvalue weighted by molar-refractivity contribution is 0.415. The Kier molecular flexibility index (Phi) is 3.98. The fourth-order valence-corrected chi connectivity index (χ4v) is 3.06. The van der Waals surface area contributed by atoms with E-state index in [2.05, 4.69) is 0 Å². The number of aromatic nitrogens is 1. The molecular formula is C17H16N2O2S. The number of hydrogen-bond acceptors (Lipinski definition) is 4. The predicted molar refractivity (Wildman–Crippen MR) is 90.5 cm³/mol. The monoisotopic (exact) mass is 312 g/mol. The lowest BCUT2D eigenvalue weighted by Gasteiger charge is -2.09. The minimum Gasteiger partial charge on any atom is -0.497 e. The van der Waals surface area contributed by atoms with E-state index in [1.54, 1.807) is 11.7 Å². The van der Waals surface area contributed by atoms with E-state index in [4.69, 9.17) is 10.5 Å². The third-order valence-corrected chi connectivity index (χ3v) is 4.23. The van der Waals surface area contributed by atoms with Gasteiger partial charge in [-0.3, -0.25) is 9.36 Å². The van der Waals surface area contributed by atoms with Crippen LogP contribution in [0.2, 0.25) is 0 Å². The van der Waals surface area contributed by atoms with Crippen molar-refractivity contribution in [3.63, 3.8) is 0 Å². The van der Waals surface area contributed by atoms with E-state index in [0.29, 0.717) is 6.54 Å². The van der Waals surface area contributed by atoms with Gasteiger partial charge in [-0.2, -0.15) is 0 Å². The topological polar surface area (TPSA) is 57.2 Å². The number of hydrogen-bond donors (Lipinski definition) is 1. The first-order valence-corrected chi connectivity index (χ1v) is 7.72. The first-order chi connectivity index (χ1) is 10.7. The molecule has 0 unspecified atom stereocenters. The molecule has 0 saturated carbocycles. The molecule has 5 heteroatoms. The number of nitrogens with two attached hydrogens (primary N) is 1. The highest BCUT2D eigenvalue weighted by atomic mass is 32.1. The van der Waals surface area contributed by atoms with Crippen LogP contribution in [0, 0.1) is 0 Å². The molecule has 0 aliphatic rings. The molecular weight excluding hydrogens is 296 g/mol. The number of methoxy groups -OCH3 is 1. The quantitative estimate of drug-likeness (QED) is 0.753. The van der Waals surface area contributed by atoms with Crippen LogP contribution in [-0.4, -0.2) is 11.7 Å². The summed E-state index contributed by atoms with van der Waals surface area (Å²) in [7, 11) is 1.63. The normalized spacial score (nSPS) is 10.6. The summed E-state index contributed by atoms with van der Waals surface area (Å²) in [5.74, 6) is 0.773. The Hall–Kier alpha value is -2.53. The van der Waals surface area contributed by atoms with Gasteiger partial charge in [0.25, 0.3) is 0 Å². The van der Waals surface area contributed by atoms with Crippen molar-refractivity contribution in [2.45, 2.75) is 6.54 Å². The Morgan fingerprint density at radius 3 is 2.68 bits per heavy atom. The van der Waals surface area contributed by atoms with Crippen molar-refractivity contribution in [2.24, 2.45) is 0 Å². The summed E-state index contributed by atoms with van der Waals surface area (Å²) in [6.45, 7) is 0.523. The van der Waals surface area contributed by atoms with Crippen molar-refractivity contribution in [1.29, 1.82) is 0 Å². The summed E-state index contributed by atoms with van der Waals surface area (Å²) >= 11 is 1.20. The number of thiazole rings is 1. The summed E-state index contributed by atoms with van der Waals surface area (Å²) in [4.78, 5) is 12.2. The van der Waals surface area contributed by atoms with Gasteiger partial charge in [-0.1, -0.05) is 35.6 Å². The SMILES string of the molecule is COc1cccc(-c2csc(=O)n2Cc2ccc(N)cc2)c1. The van der Waals surface area contributed by atoms with Gasteiger partial charge in [-0.05, 0) is 29.8 Å². The second-order valence-corrected chi connectivity index (χ2v) is 5.77. The maximum absolute atomic E-state index is 12.2. The number of anilines is 1. The molecule has 2 N–H and O–H groups in total. The Labute approximate surface area is 132 Å². The average molecular weight is 312 g/mol. The van der Waals surface area contributed by atoms with Gasteiger partial charge in [0, 0.05) is 16.6 Å². The molecule has 112 valence electrons. The van der Waals surface area contributed by atoms with Crippen molar-refractivity contribution in [2.75, 3.05) is 12.8 Å². The van der Waals surface area contributed by atoms with Crippen molar-refractivity contribution in [1.82, 2.24) is 4.57 Å².